The van der Waals surface area contributed by atoms with Crippen LogP contribution < -0.4 is 10.1 Å². The molecule has 0 heterocycles. The third kappa shape index (κ3) is 6.14. The number of carbonyl (C=O) groups excluding carboxylic acids is 2. The molecular weight excluding hydrogens is 392 g/mol. The highest BCUT2D eigenvalue weighted by Gasteiger charge is 2.31. The fraction of sp³-hybridized carbons (Fsp3) is 0.176. The summed E-state index contributed by atoms with van der Waals surface area (Å²) in [4.78, 5) is 25.2. The van der Waals surface area contributed by atoms with Crippen LogP contribution in [0.4, 0.5) is 23.2 Å². The van der Waals surface area contributed by atoms with Gasteiger partial charge in [0, 0.05) is 17.8 Å². The summed E-state index contributed by atoms with van der Waals surface area (Å²) in [7, 11) is 1.30. The van der Waals surface area contributed by atoms with Gasteiger partial charge in [-0.05, 0) is 42.5 Å². The number of benzene rings is 2. The standard InChI is InChI=1S/C17H13ClF4N2O3/c1-24(16(26)13-7-2-10(18)8-14(13)19)9-15(25)23-11-3-5-12(6-4-11)27-17(20,21)22/h2-8H,9H2,1H3,(H,23,25). The first-order valence-corrected chi connectivity index (χ1v) is 7.79. The summed E-state index contributed by atoms with van der Waals surface area (Å²) in [5.41, 5.74) is -0.0450. The zero-order chi connectivity index (χ0) is 20.2. The Morgan fingerprint density at radius 2 is 1.78 bits per heavy atom. The zero-order valence-electron chi connectivity index (χ0n) is 13.8. The number of alkyl halides is 3. The topological polar surface area (TPSA) is 58.6 Å². The maximum atomic E-state index is 13.8. The van der Waals surface area contributed by atoms with Crippen LogP contribution >= 0.6 is 11.6 Å². The number of nitrogens with one attached hydrogen (secondary N) is 1. The lowest BCUT2D eigenvalue weighted by atomic mass is 10.2. The van der Waals surface area contributed by atoms with E-state index in [1.54, 1.807) is 0 Å². The smallest absolute Gasteiger partial charge is 0.406 e. The molecule has 2 rings (SSSR count). The molecule has 0 radical (unpaired) electrons. The fourth-order valence-electron chi connectivity index (χ4n) is 2.10. The van der Waals surface area contributed by atoms with Crippen molar-refractivity contribution < 1.29 is 31.9 Å². The molecule has 2 aromatic carbocycles. The van der Waals surface area contributed by atoms with Gasteiger partial charge in [0.1, 0.15) is 11.6 Å². The van der Waals surface area contributed by atoms with Crippen molar-refractivity contribution in [1.29, 1.82) is 0 Å². The molecule has 27 heavy (non-hydrogen) atoms. The quantitative estimate of drug-likeness (QED) is 0.764. The second-order valence-electron chi connectivity index (χ2n) is 5.41. The molecule has 0 spiro atoms. The molecular formula is C17H13ClF4N2O3. The predicted molar refractivity (Wildman–Crippen MR) is 90.1 cm³/mol. The number of ether oxygens (including phenoxy) is 1. The molecule has 0 atom stereocenters. The maximum Gasteiger partial charge on any atom is 0.573 e. The van der Waals surface area contributed by atoms with E-state index in [9.17, 15) is 27.2 Å². The van der Waals surface area contributed by atoms with Crippen molar-refractivity contribution in [2.45, 2.75) is 6.36 Å². The van der Waals surface area contributed by atoms with Crippen molar-refractivity contribution in [3.8, 4) is 5.75 Å². The highest BCUT2D eigenvalue weighted by Crippen LogP contribution is 2.24. The van der Waals surface area contributed by atoms with Crippen LogP contribution in [-0.2, 0) is 4.79 Å². The Labute approximate surface area is 156 Å². The first kappa shape index (κ1) is 20.5. The molecule has 0 saturated heterocycles. The third-order valence-electron chi connectivity index (χ3n) is 3.26. The van der Waals surface area contributed by atoms with Gasteiger partial charge >= 0.3 is 6.36 Å². The summed E-state index contributed by atoms with van der Waals surface area (Å²) >= 11 is 5.62. The van der Waals surface area contributed by atoms with Crippen LogP contribution in [0.2, 0.25) is 5.02 Å². The SMILES string of the molecule is CN(CC(=O)Nc1ccc(OC(F)(F)F)cc1)C(=O)c1ccc(Cl)cc1F. The molecule has 144 valence electrons. The Hall–Kier alpha value is -2.81. The van der Waals surface area contributed by atoms with Gasteiger partial charge in [-0.2, -0.15) is 0 Å². The van der Waals surface area contributed by atoms with Crippen LogP contribution in [0.3, 0.4) is 0 Å². The van der Waals surface area contributed by atoms with E-state index in [0.717, 1.165) is 23.1 Å². The fourth-order valence-corrected chi connectivity index (χ4v) is 2.26. The molecule has 0 aromatic heterocycles. The van der Waals surface area contributed by atoms with Crippen LogP contribution in [0.1, 0.15) is 10.4 Å². The first-order valence-electron chi connectivity index (χ1n) is 7.41. The Balaban J connectivity index is 1.95. The molecule has 0 aliphatic carbocycles. The van der Waals surface area contributed by atoms with E-state index in [1.807, 2.05) is 0 Å². The monoisotopic (exact) mass is 404 g/mol. The van der Waals surface area contributed by atoms with Gasteiger partial charge in [0.25, 0.3) is 5.91 Å². The van der Waals surface area contributed by atoms with Crippen molar-refractivity contribution in [1.82, 2.24) is 4.90 Å². The molecule has 0 aliphatic heterocycles. The number of carbonyl (C=O) groups is 2. The van der Waals surface area contributed by atoms with Crippen LogP contribution in [0.5, 0.6) is 5.75 Å². The summed E-state index contributed by atoms with van der Waals surface area (Å²) in [6, 6.07) is 8.00. The summed E-state index contributed by atoms with van der Waals surface area (Å²) in [6.45, 7) is -0.401. The lowest BCUT2D eigenvalue weighted by Gasteiger charge is -2.17. The number of hydrogen-bond donors (Lipinski definition) is 1. The molecule has 0 bridgehead atoms. The Bertz CT molecular complexity index is 841. The number of hydrogen-bond acceptors (Lipinski definition) is 3. The van der Waals surface area contributed by atoms with Crippen molar-refractivity contribution >= 4 is 29.1 Å². The lowest BCUT2D eigenvalue weighted by Crippen LogP contribution is -2.35. The average Bonchev–Trinajstić information content (AvgIpc) is 2.54. The number of amides is 2. The maximum absolute atomic E-state index is 13.8. The van der Waals surface area contributed by atoms with E-state index in [1.165, 1.54) is 31.3 Å². The van der Waals surface area contributed by atoms with Crippen molar-refractivity contribution in [3.05, 3.63) is 58.9 Å². The second-order valence-corrected chi connectivity index (χ2v) is 5.84. The van der Waals surface area contributed by atoms with Crippen LogP contribution in [0.15, 0.2) is 42.5 Å². The van der Waals surface area contributed by atoms with E-state index in [0.29, 0.717) is 0 Å². The Kier molecular flexibility index (Phi) is 6.27. The van der Waals surface area contributed by atoms with E-state index in [-0.39, 0.29) is 16.3 Å². The summed E-state index contributed by atoms with van der Waals surface area (Å²) in [6.07, 6.45) is -4.81. The van der Waals surface area contributed by atoms with Crippen LogP contribution in [0, 0.1) is 5.82 Å². The number of nitrogens with zero attached hydrogens (tertiary/aromatic N) is 1. The number of rotatable bonds is 5. The Morgan fingerprint density at radius 3 is 2.33 bits per heavy atom. The van der Waals surface area contributed by atoms with Gasteiger partial charge in [0.15, 0.2) is 0 Å². The molecule has 0 unspecified atom stereocenters. The van der Waals surface area contributed by atoms with Crippen molar-refractivity contribution in [2.75, 3.05) is 18.9 Å². The molecule has 0 fully saturated rings. The first-order chi connectivity index (χ1) is 12.5. The molecule has 1 N–H and O–H groups in total. The predicted octanol–water partition coefficient (Wildman–Crippen LogP) is 4.09. The van der Waals surface area contributed by atoms with Gasteiger partial charge < -0.3 is 15.0 Å². The van der Waals surface area contributed by atoms with Crippen molar-refractivity contribution in [2.24, 2.45) is 0 Å². The minimum Gasteiger partial charge on any atom is -0.406 e. The second kappa shape index (κ2) is 8.26. The molecule has 10 heteroatoms. The van der Waals surface area contributed by atoms with Crippen LogP contribution in [-0.4, -0.2) is 36.7 Å². The van der Waals surface area contributed by atoms with Gasteiger partial charge in [0.2, 0.25) is 5.91 Å². The normalized spacial score (nSPS) is 11.0. The van der Waals surface area contributed by atoms with Gasteiger partial charge in [-0.3, -0.25) is 9.59 Å². The highest BCUT2D eigenvalue weighted by atomic mass is 35.5. The van der Waals surface area contributed by atoms with Gasteiger partial charge in [-0.25, -0.2) is 4.39 Å². The third-order valence-corrected chi connectivity index (χ3v) is 3.50. The van der Waals surface area contributed by atoms with Crippen LogP contribution in [0.25, 0.3) is 0 Å². The minimum absolute atomic E-state index is 0.127. The average molecular weight is 405 g/mol. The number of likely N-dealkylation sites (N-methyl/N-ethyl adjacent to an activating group) is 1. The van der Waals surface area contributed by atoms with E-state index < -0.39 is 36.3 Å². The Morgan fingerprint density at radius 1 is 1.15 bits per heavy atom. The van der Waals surface area contributed by atoms with E-state index in [4.69, 9.17) is 11.6 Å². The van der Waals surface area contributed by atoms with Gasteiger partial charge in [-0.1, -0.05) is 11.6 Å². The molecule has 0 aliphatic rings. The summed E-state index contributed by atoms with van der Waals surface area (Å²) in [5, 5.41) is 2.54. The van der Waals surface area contributed by atoms with E-state index in [2.05, 4.69) is 10.1 Å². The molecule has 0 saturated carbocycles. The molecule has 2 aromatic rings. The number of halogens is 5. The van der Waals surface area contributed by atoms with Crippen molar-refractivity contribution in [3.63, 3.8) is 0 Å². The zero-order valence-corrected chi connectivity index (χ0v) is 14.6. The summed E-state index contributed by atoms with van der Waals surface area (Å²) < 4.78 is 53.8. The minimum atomic E-state index is -4.81. The molecule has 2 amide bonds. The largest absolute Gasteiger partial charge is 0.573 e. The van der Waals surface area contributed by atoms with Gasteiger partial charge in [-0.15, -0.1) is 13.2 Å². The lowest BCUT2D eigenvalue weighted by molar-refractivity contribution is -0.274. The van der Waals surface area contributed by atoms with E-state index >= 15 is 0 Å². The summed E-state index contributed by atoms with van der Waals surface area (Å²) in [5.74, 6) is -2.61. The highest BCUT2D eigenvalue weighted by molar-refractivity contribution is 6.30. The molecule has 5 nitrogen and oxygen atoms in total. The number of anilines is 1. The van der Waals surface area contributed by atoms with Gasteiger partial charge in [0.05, 0.1) is 12.1 Å².